The minimum Gasteiger partial charge on any atom is -0.367 e. The van der Waals surface area contributed by atoms with Gasteiger partial charge < -0.3 is 10.6 Å². The molecule has 0 aliphatic carbocycles. The summed E-state index contributed by atoms with van der Waals surface area (Å²) in [6, 6.07) is 6.06. The molecule has 1 aromatic carbocycles. The Hall–Kier alpha value is -1.56. The van der Waals surface area contributed by atoms with Crippen molar-refractivity contribution >= 4 is 5.84 Å². The minimum absolute atomic E-state index is 0.160. The fourth-order valence-electron chi connectivity index (χ4n) is 2.63. The second kappa shape index (κ2) is 4.52. The van der Waals surface area contributed by atoms with E-state index in [0.29, 0.717) is 5.84 Å². The lowest BCUT2D eigenvalue weighted by atomic mass is 10.0. The summed E-state index contributed by atoms with van der Waals surface area (Å²) in [5.74, 6) is 0.660. The quantitative estimate of drug-likeness (QED) is 0.855. The van der Waals surface area contributed by atoms with Crippen LogP contribution in [0.5, 0.6) is 0 Å². The summed E-state index contributed by atoms with van der Waals surface area (Å²) in [7, 11) is 0. The molecular weight excluding hydrogens is 255 g/mol. The van der Waals surface area contributed by atoms with Crippen molar-refractivity contribution in [1.82, 2.24) is 10.6 Å². The molecule has 1 aromatic rings. The van der Waals surface area contributed by atoms with Crippen LogP contribution in [0.15, 0.2) is 29.3 Å². The van der Waals surface area contributed by atoms with Crippen LogP contribution in [-0.2, 0) is 12.6 Å². The average Bonchev–Trinajstić information content (AvgIpc) is 2.88. The molecule has 0 bridgehead atoms. The van der Waals surface area contributed by atoms with E-state index in [1.54, 1.807) is 6.07 Å². The maximum atomic E-state index is 12.9. The van der Waals surface area contributed by atoms with E-state index in [9.17, 15) is 13.2 Å². The first kappa shape index (κ1) is 12.5. The van der Waals surface area contributed by atoms with E-state index in [-0.39, 0.29) is 24.1 Å². The number of halogens is 3. The van der Waals surface area contributed by atoms with Crippen LogP contribution in [0, 0.1) is 0 Å². The van der Waals surface area contributed by atoms with E-state index < -0.39 is 11.7 Å². The summed E-state index contributed by atoms with van der Waals surface area (Å²) >= 11 is 0. The summed E-state index contributed by atoms with van der Waals surface area (Å²) in [5, 5.41) is 6.39. The second-order valence-electron chi connectivity index (χ2n) is 4.88. The minimum atomic E-state index is -4.31. The van der Waals surface area contributed by atoms with Crippen LogP contribution in [-0.4, -0.2) is 31.0 Å². The zero-order valence-corrected chi connectivity index (χ0v) is 10.2. The third-order valence-corrected chi connectivity index (χ3v) is 3.54. The first-order valence-corrected chi connectivity index (χ1v) is 6.23. The highest BCUT2D eigenvalue weighted by molar-refractivity contribution is 5.87. The summed E-state index contributed by atoms with van der Waals surface area (Å²) in [5.41, 5.74) is -0.302. The monoisotopic (exact) mass is 269 g/mol. The van der Waals surface area contributed by atoms with Gasteiger partial charge in [0.25, 0.3) is 0 Å². The molecule has 19 heavy (non-hydrogen) atoms. The Morgan fingerprint density at radius 1 is 1.21 bits per heavy atom. The van der Waals surface area contributed by atoms with Gasteiger partial charge in [0.2, 0.25) is 0 Å². The van der Waals surface area contributed by atoms with Gasteiger partial charge in [-0.1, -0.05) is 18.2 Å². The van der Waals surface area contributed by atoms with Crippen molar-refractivity contribution < 1.29 is 13.2 Å². The van der Waals surface area contributed by atoms with Crippen LogP contribution in [0.4, 0.5) is 13.2 Å². The van der Waals surface area contributed by atoms with E-state index in [1.165, 1.54) is 12.1 Å². The number of nitrogens with zero attached hydrogens (tertiary/aromatic N) is 1. The van der Waals surface area contributed by atoms with Gasteiger partial charge in [-0.3, -0.25) is 4.99 Å². The van der Waals surface area contributed by atoms with E-state index >= 15 is 0 Å². The molecule has 2 N–H and O–H groups in total. The van der Waals surface area contributed by atoms with Gasteiger partial charge in [-0.25, -0.2) is 0 Å². The van der Waals surface area contributed by atoms with Crippen molar-refractivity contribution in [3.05, 3.63) is 35.4 Å². The molecule has 0 aromatic heterocycles. The lowest BCUT2D eigenvalue weighted by Crippen LogP contribution is -2.35. The second-order valence-corrected chi connectivity index (χ2v) is 4.88. The Morgan fingerprint density at radius 2 is 2.00 bits per heavy atom. The van der Waals surface area contributed by atoms with Crippen molar-refractivity contribution in [2.45, 2.75) is 24.7 Å². The van der Waals surface area contributed by atoms with Gasteiger partial charge in [-0.05, 0) is 11.6 Å². The van der Waals surface area contributed by atoms with Gasteiger partial charge in [0.15, 0.2) is 0 Å². The van der Waals surface area contributed by atoms with Gasteiger partial charge in [0.05, 0.1) is 17.6 Å². The van der Waals surface area contributed by atoms with Crippen molar-refractivity contribution in [1.29, 1.82) is 0 Å². The molecule has 1 fully saturated rings. The summed E-state index contributed by atoms with van der Waals surface area (Å²) in [6.45, 7) is 1.61. The zero-order chi connectivity index (χ0) is 13.5. The number of fused-ring (bicyclic) bond motifs is 1. The highest BCUT2D eigenvalue weighted by Gasteiger charge is 2.35. The van der Waals surface area contributed by atoms with E-state index in [1.807, 2.05) is 0 Å². The molecule has 2 atom stereocenters. The molecule has 0 radical (unpaired) electrons. The zero-order valence-electron chi connectivity index (χ0n) is 10.2. The summed E-state index contributed by atoms with van der Waals surface area (Å²) in [4.78, 5) is 4.44. The lowest BCUT2D eigenvalue weighted by Gasteiger charge is -2.13. The first-order valence-electron chi connectivity index (χ1n) is 6.23. The van der Waals surface area contributed by atoms with Crippen molar-refractivity contribution in [2.24, 2.45) is 4.99 Å². The van der Waals surface area contributed by atoms with Crippen LogP contribution in [0.1, 0.15) is 11.1 Å². The molecule has 2 unspecified atom stereocenters. The van der Waals surface area contributed by atoms with Crippen molar-refractivity contribution in [3.63, 3.8) is 0 Å². The van der Waals surface area contributed by atoms with E-state index in [4.69, 9.17) is 0 Å². The third-order valence-electron chi connectivity index (χ3n) is 3.54. The maximum absolute atomic E-state index is 12.9. The van der Waals surface area contributed by atoms with Crippen molar-refractivity contribution in [2.75, 3.05) is 13.1 Å². The molecule has 2 heterocycles. The number of nitrogens with one attached hydrogen (secondary N) is 2. The molecule has 6 heteroatoms. The van der Waals surface area contributed by atoms with Gasteiger partial charge >= 0.3 is 6.18 Å². The van der Waals surface area contributed by atoms with Crippen molar-refractivity contribution in [3.8, 4) is 0 Å². The predicted octanol–water partition coefficient (Wildman–Crippen LogP) is 1.59. The molecule has 3 rings (SSSR count). The normalized spacial score (nSPS) is 25.9. The Labute approximate surface area is 108 Å². The van der Waals surface area contributed by atoms with Crippen LogP contribution in [0.2, 0.25) is 0 Å². The molecule has 0 spiro atoms. The molecule has 1 saturated heterocycles. The van der Waals surface area contributed by atoms with E-state index in [2.05, 4.69) is 15.6 Å². The standard InChI is InChI=1S/C13H14F3N3/c14-13(15,16)9-4-2-1-3-8(9)5-12-18-10-6-17-7-11(10)19-12/h1-4,10-11,17H,5-7H2,(H,18,19). The highest BCUT2D eigenvalue weighted by atomic mass is 19.4. The number of benzene rings is 1. The van der Waals surface area contributed by atoms with Crippen LogP contribution < -0.4 is 10.6 Å². The van der Waals surface area contributed by atoms with Gasteiger partial charge in [0.1, 0.15) is 5.84 Å². The molecule has 102 valence electrons. The molecule has 0 amide bonds. The Balaban J connectivity index is 1.81. The maximum Gasteiger partial charge on any atom is 0.416 e. The lowest BCUT2D eigenvalue weighted by molar-refractivity contribution is -0.138. The summed E-state index contributed by atoms with van der Waals surface area (Å²) in [6.07, 6.45) is -4.10. The average molecular weight is 269 g/mol. The fraction of sp³-hybridized carbons (Fsp3) is 0.462. The predicted molar refractivity (Wildman–Crippen MR) is 66.2 cm³/mol. The number of alkyl halides is 3. The fourth-order valence-corrected chi connectivity index (χ4v) is 2.63. The first-order chi connectivity index (χ1) is 9.04. The summed E-state index contributed by atoms with van der Waals surface area (Å²) < 4.78 is 38.6. The Kier molecular flexibility index (Phi) is 2.97. The topological polar surface area (TPSA) is 36.4 Å². The number of amidine groups is 1. The number of rotatable bonds is 2. The largest absolute Gasteiger partial charge is 0.416 e. The third kappa shape index (κ3) is 2.45. The van der Waals surface area contributed by atoms with E-state index in [0.717, 1.165) is 19.2 Å². The number of hydrogen-bond donors (Lipinski definition) is 2. The Bertz CT molecular complexity index is 510. The highest BCUT2D eigenvalue weighted by Crippen LogP contribution is 2.32. The Morgan fingerprint density at radius 3 is 2.74 bits per heavy atom. The smallest absolute Gasteiger partial charge is 0.367 e. The number of hydrogen-bond acceptors (Lipinski definition) is 3. The van der Waals surface area contributed by atoms with Gasteiger partial charge in [-0.15, -0.1) is 0 Å². The van der Waals surface area contributed by atoms with Crippen LogP contribution in [0.25, 0.3) is 0 Å². The molecular formula is C13H14F3N3. The van der Waals surface area contributed by atoms with Crippen LogP contribution in [0.3, 0.4) is 0 Å². The SMILES string of the molecule is FC(F)(F)c1ccccc1CC1=NC2CNCC2N1. The molecule has 0 saturated carbocycles. The van der Waals surface area contributed by atoms with Gasteiger partial charge in [-0.2, -0.15) is 13.2 Å². The number of aliphatic imine (C=N–C) groups is 1. The van der Waals surface area contributed by atoms with Crippen LogP contribution >= 0.6 is 0 Å². The van der Waals surface area contributed by atoms with Gasteiger partial charge in [0, 0.05) is 19.5 Å². The molecule has 2 aliphatic rings. The molecule has 3 nitrogen and oxygen atoms in total. The molecule has 2 aliphatic heterocycles.